The van der Waals surface area contributed by atoms with Crippen LogP contribution in [0.15, 0.2) is 54.9 Å². The summed E-state index contributed by atoms with van der Waals surface area (Å²) in [6.45, 7) is 4.31. The quantitative estimate of drug-likeness (QED) is 0.473. The van der Waals surface area contributed by atoms with Gasteiger partial charge in [0.15, 0.2) is 0 Å². The van der Waals surface area contributed by atoms with Crippen LogP contribution < -0.4 is 4.74 Å². The topological polar surface area (TPSA) is 54.8 Å². The summed E-state index contributed by atoms with van der Waals surface area (Å²) in [6, 6.07) is 14.2. The Morgan fingerprint density at radius 3 is 2.53 bits per heavy atom. The molecule has 1 saturated heterocycles. The van der Waals surface area contributed by atoms with Gasteiger partial charge in [-0.05, 0) is 68.9 Å². The normalized spacial score (nSPS) is 18.8. The van der Waals surface area contributed by atoms with E-state index < -0.39 is 5.41 Å². The lowest BCUT2D eigenvalue weighted by Gasteiger charge is -2.43. The van der Waals surface area contributed by atoms with Gasteiger partial charge in [0.05, 0.1) is 17.5 Å². The molecule has 0 N–H and O–H groups in total. The number of hydrogen-bond donors (Lipinski definition) is 0. The highest BCUT2D eigenvalue weighted by molar-refractivity contribution is 7.14. The number of fused-ring (bicyclic) bond motifs is 1. The Morgan fingerprint density at radius 2 is 1.75 bits per heavy atom. The molecule has 2 aliphatic heterocycles. The fourth-order valence-corrected chi connectivity index (χ4v) is 6.59. The number of carbonyl (C=O) groups excluding carboxylic acids is 2. The molecule has 0 saturated carbocycles. The van der Waals surface area contributed by atoms with E-state index in [0.717, 1.165) is 46.9 Å². The fourth-order valence-electron chi connectivity index (χ4n) is 5.62. The summed E-state index contributed by atoms with van der Waals surface area (Å²) in [5.41, 5.74) is 1.59. The second kappa shape index (κ2) is 10.5. The Hall–Kier alpha value is -3.06. The van der Waals surface area contributed by atoms with Gasteiger partial charge in [0.2, 0.25) is 5.91 Å². The maximum atomic E-state index is 13.7. The zero-order chi connectivity index (χ0) is 25.1. The molecular weight excluding hydrogens is 470 g/mol. The number of piperidine rings is 1. The molecule has 7 heteroatoms. The highest BCUT2D eigenvalue weighted by Gasteiger charge is 2.43. The van der Waals surface area contributed by atoms with Crippen LogP contribution in [0.5, 0.6) is 5.75 Å². The number of thiophene rings is 1. The highest BCUT2D eigenvalue weighted by Crippen LogP contribution is 2.40. The van der Waals surface area contributed by atoms with E-state index in [9.17, 15) is 9.59 Å². The summed E-state index contributed by atoms with van der Waals surface area (Å²) < 4.78 is 8.06. The second-order valence-corrected chi connectivity index (χ2v) is 11.4. The molecule has 3 aromatic rings. The molecule has 190 valence electrons. The number of para-hydroxylation sites is 1. The van der Waals surface area contributed by atoms with Gasteiger partial charge in [-0.15, -0.1) is 11.3 Å². The van der Waals surface area contributed by atoms with Gasteiger partial charge < -0.3 is 19.1 Å². The van der Waals surface area contributed by atoms with Crippen LogP contribution in [0.4, 0.5) is 0 Å². The van der Waals surface area contributed by atoms with Crippen LogP contribution in [-0.2, 0) is 11.2 Å². The van der Waals surface area contributed by atoms with Crippen molar-refractivity contribution in [1.82, 2.24) is 14.4 Å². The second-order valence-electron chi connectivity index (χ2n) is 10.1. The van der Waals surface area contributed by atoms with E-state index in [4.69, 9.17) is 4.74 Å². The minimum atomic E-state index is -0.405. The van der Waals surface area contributed by atoms with Gasteiger partial charge in [-0.1, -0.05) is 24.6 Å². The van der Waals surface area contributed by atoms with Crippen molar-refractivity contribution in [2.45, 2.75) is 45.4 Å². The molecular formula is C29H35N3O3S. The largest absolute Gasteiger partial charge is 0.491 e. The van der Waals surface area contributed by atoms with Gasteiger partial charge in [-0.25, -0.2) is 0 Å². The number of aryl methyl sites for hydroxylation is 2. The van der Waals surface area contributed by atoms with Crippen molar-refractivity contribution < 1.29 is 14.3 Å². The molecule has 1 aromatic carbocycles. The Balaban J connectivity index is 1.30. The average molecular weight is 506 g/mol. The summed E-state index contributed by atoms with van der Waals surface area (Å²) in [5, 5.41) is 0.963. The third-order valence-electron chi connectivity index (χ3n) is 7.72. The molecule has 0 atom stereocenters. The molecule has 1 fully saturated rings. The molecule has 2 aromatic heterocycles. The number of nitrogens with zero attached hydrogens (tertiary/aromatic N) is 3. The summed E-state index contributed by atoms with van der Waals surface area (Å²) in [4.78, 5) is 32.2. The van der Waals surface area contributed by atoms with Gasteiger partial charge >= 0.3 is 0 Å². The van der Waals surface area contributed by atoms with Gasteiger partial charge in [-0.3, -0.25) is 9.59 Å². The molecule has 0 unspecified atom stereocenters. The van der Waals surface area contributed by atoms with Crippen LogP contribution in [0.3, 0.4) is 0 Å². The Morgan fingerprint density at radius 1 is 1.00 bits per heavy atom. The number of ether oxygens (including phenoxy) is 1. The van der Waals surface area contributed by atoms with E-state index in [-0.39, 0.29) is 11.8 Å². The minimum Gasteiger partial charge on any atom is -0.491 e. The number of likely N-dealkylation sites (N-methyl/N-ethyl adjacent to an activating group) is 1. The standard InChI is InChI=1S/C29H35N3O3S/c1-22-21-24(27(36-22)32-15-7-8-16-32)26(33)31-17-13-29(14-18-31)12-6-5-10-23-9-3-4-11-25(23)35-20-19-30(2)28(29)34/h3-4,7-9,11,15-16,21H,5-6,10,12-14,17-20H2,1-2H3. The first-order chi connectivity index (χ1) is 17.5. The van der Waals surface area contributed by atoms with Crippen molar-refractivity contribution in [1.29, 1.82) is 0 Å². The molecule has 1 spiro atoms. The van der Waals surface area contributed by atoms with Crippen molar-refractivity contribution in [3.8, 4) is 10.8 Å². The number of aromatic nitrogens is 1. The third kappa shape index (κ3) is 4.94. The number of carbonyl (C=O) groups is 2. The number of benzene rings is 1. The summed E-state index contributed by atoms with van der Waals surface area (Å²) >= 11 is 1.64. The lowest BCUT2D eigenvalue weighted by molar-refractivity contribution is -0.144. The van der Waals surface area contributed by atoms with Crippen molar-refractivity contribution in [3.05, 3.63) is 70.9 Å². The van der Waals surface area contributed by atoms with Gasteiger partial charge in [0, 0.05) is 37.4 Å². The maximum absolute atomic E-state index is 13.7. The van der Waals surface area contributed by atoms with E-state index in [2.05, 4.69) is 12.1 Å². The maximum Gasteiger partial charge on any atom is 0.256 e. The van der Waals surface area contributed by atoms with Crippen molar-refractivity contribution in [2.75, 3.05) is 33.3 Å². The molecule has 0 bridgehead atoms. The fraction of sp³-hybridized carbons (Fsp3) is 0.448. The predicted octanol–water partition coefficient (Wildman–Crippen LogP) is 5.33. The van der Waals surface area contributed by atoms with Gasteiger partial charge in [0.25, 0.3) is 5.91 Å². The number of amides is 2. The zero-order valence-electron chi connectivity index (χ0n) is 21.2. The summed E-state index contributed by atoms with van der Waals surface area (Å²) in [7, 11) is 1.89. The van der Waals surface area contributed by atoms with Crippen LogP contribution in [0, 0.1) is 12.3 Å². The van der Waals surface area contributed by atoms with Gasteiger partial charge in [-0.2, -0.15) is 0 Å². The average Bonchev–Trinajstić information content (AvgIpc) is 3.56. The van der Waals surface area contributed by atoms with Crippen LogP contribution in [0.2, 0.25) is 0 Å². The molecule has 6 nitrogen and oxygen atoms in total. The van der Waals surface area contributed by atoms with Crippen LogP contribution in [0.25, 0.3) is 5.00 Å². The molecule has 4 heterocycles. The number of hydrogen-bond acceptors (Lipinski definition) is 4. The monoisotopic (exact) mass is 505 g/mol. The first kappa shape index (κ1) is 24.6. The van der Waals surface area contributed by atoms with Gasteiger partial charge in [0.1, 0.15) is 17.4 Å². The molecule has 2 aliphatic rings. The van der Waals surface area contributed by atoms with E-state index in [0.29, 0.717) is 39.1 Å². The van der Waals surface area contributed by atoms with Crippen molar-refractivity contribution in [3.63, 3.8) is 0 Å². The van der Waals surface area contributed by atoms with Crippen LogP contribution in [0.1, 0.15) is 52.9 Å². The molecule has 0 aliphatic carbocycles. The molecule has 5 rings (SSSR count). The molecule has 2 amide bonds. The highest BCUT2D eigenvalue weighted by atomic mass is 32.1. The Kier molecular flexibility index (Phi) is 7.19. The third-order valence-corrected chi connectivity index (χ3v) is 8.79. The number of rotatable bonds is 2. The first-order valence-electron chi connectivity index (χ1n) is 13.0. The van der Waals surface area contributed by atoms with Crippen LogP contribution in [-0.4, -0.2) is 59.5 Å². The van der Waals surface area contributed by atoms with E-state index in [1.165, 1.54) is 5.56 Å². The van der Waals surface area contributed by atoms with E-state index >= 15 is 0 Å². The lowest BCUT2D eigenvalue weighted by Crippen LogP contribution is -2.51. The number of likely N-dealkylation sites (tertiary alicyclic amines) is 1. The Labute approximate surface area is 217 Å². The zero-order valence-corrected chi connectivity index (χ0v) is 22.1. The van der Waals surface area contributed by atoms with E-state index in [1.54, 1.807) is 11.3 Å². The molecule has 36 heavy (non-hydrogen) atoms. The Bertz CT molecular complexity index is 1210. The SMILES string of the molecule is Cc1cc(C(=O)N2CCC3(CCCCc4ccccc4OCCN(C)C3=O)CC2)c(-n2cccc2)s1. The van der Waals surface area contributed by atoms with Crippen molar-refractivity contribution in [2.24, 2.45) is 5.41 Å². The first-order valence-corrected chi connectivity index (χ1v) is 13.8. The predicted molar refractivity (Wildman–Crippen MR) is 143 cm³/mol. The lowest BCUT2D eigenvalue weighted by atomic mass is 9.73. The van der Waals surface area contributed by atoms with E-state index in [1.807, 2.05) is 71.1 Å². The summed E-state index contributed by atoms with van der Waals surface area (Å²) in [5.74, 6) is 1.20. The van der Waals surface area contributed by atoms with Crippen molar-refractivity contribution >= 4 is 23.2 Å². The molecule has 0 radical (unpaired) electrons. The van der Waals surface area contributed by atoms with Crippen LogP contribution >= 0.6 is 11.3 Å². The summed E-state index contributed by atoms with van der Waals surface area (Å²) in [6.07, 6.45) is 9.22. The smallest absolute Gasteiger partial charge is 0.256 e. The minimum absolute atomic E-state index is 0.0665.